The highest BCUT2D eigenvalue weighted by Gasteiger charge is 2.37. The average molecular weight is 277 g/mol. The van der Waals surface area contributed by atoms with Crippen LogP contribution in [0.1, 0.15) is 37.0 Å². The molecule has 2 atom stereocenters. The SMILES string of the molecule is CCCN1CCO[C@@H]2c3cc(OC)c(O)cc3CC[C@H]21. The van der Waals surface area contributed by atoms with Gasteiger partial charge in [0.2, 0.25) is 0 Å². The van der Waals surface area contributed by atoms with Crippen LogP contribution in [0.4, 0.5) is 0 Å². The Morgan fingerprint density at radius 3 is 3.05 bits per heavy atom. The third-order valence-electron chi connectivity index (χ3n) is 4.46. The van der Waals surface area contributed by atoms with Crippen LogP contribution in [0.25, 0.3) is 0 Å². The van der Waals surface area contributed by atoms with Crippen LogP contribution < -0.4 is 4.74 Å². The average Bonchev–Trinajstić information content (AvgIpc) is 2.47. The summed E-state index contributed by atoms with van der Waals surface area (Å²) in [6, 6.07) is 4.26. The highest BCUT2D eigenvalue weighted by atomic mass is 16.5. The lowest BCUT2D eigenvalue weighted by atomic mass is 9.83. The first-order valence-electron chi connectivity index (χ1n) is 7.50. The minimum absolute atomic E-state index is 0.119. The number of aryl methyl sites for hydroxylation is 1. The third kappa shape index (κ3) is 2.27. The van der Waals surface area contributed by atoms with Crippen LogP contribution in [0.3, 0.4) is 0 Å². The van der Waals surface area contributed by atoms with Crippen LogP contribution in [-0.4, -0.2) is 42.9 Å². The van der Waals surface area contributed by atoms with Crippen molar-refractivity contribution >= 4 is 0 Å². The second kappa shape index (κ2) is 5.62. The molecule has 4 nitrogen and oxygen atoms in total. The number of methoxy groups -OCH3 is 1. The van der Waals surface area contributed by atoms with Crippen molar-refractivity contribution in [2.75, 3.05) is 26.8 Å². The Morgan fingerprint density at radius 2 is 2.30 bits per heavy atom. The zero-order valence-corrected chi connectivity index (χ0v) is 12.3. The third-order valence-corrected chi connectivity index (χ3v) is 4.46. The molecule has 0 aromatic heterocycles. The molecule has 1 N–H and O–H groups in total. The summed E-state index contributed by atoms with van der Waals surface area (Å²) in [5.74, 6) is 0.770. The topological polar surface area (TPSA) is 41.9 Å². The molecular formula is C16H23NO3. The summed E-state index contributed by atoms with van der Waals surface area (Å²) in [5.41, 5.74) is 2.39. The first-order chi connectivity index (χ1) is 9.74. The predicted molar refractivity (Wildman–Crippen MR) is 77.3 cm³/mol. The molecule has 110 valence electrons. The fraction of sp³-hybridized carbons (Fsp3) is 0.625. The number of rotatable bonds is 3. The lowest BCUT2D eigenvalue weighted by Crippen LogP contribution is -2.49. The van der Waals surface area contributed by atoms with Crippen LogP contribution in [0.2, 0.25) is 0 Å². The van der Waals surface area contributed by atoms with Gasteiger partial charge in [0.15, 0.2) is 11.5 Å². The van der Waals surface area contributed by atoms with E-state index in [1.807, 2.05) is 12.1 Å². The molecule has 4 heteroatoms. The van der Waals surface area contributed by atoms with Gasteiger partial charge < -0.3 is 14.6 Å². The van der Waals surface area contributed by atoms with Crippen molar-refractivity contribution in [1.82, 2.24) is 4.90 Å². The van der Waals surface area contributed by atoms with E-state index in [1.165, 1.54) is 17.5 Å². The molecule has 0 unspecified atom stereocenters. The lowest BCUT2D eigenvalue weighted by molar-refractivity contribution is -0.0802. The summed E-state index contributed by atoms with van der Waals surface area (Å²) in [7, 11) is 1.59. The van der Waals surface area contributed by atoms with Crippen molar-refractivity contribution in [3.8, 4) is 11.5 Å². The van der Waals surface area contributed by atoms with Gasteiger partial charge in [-0.25, -0.2) is 0 Å². The van der Waals surface area contributed by atoms with Crippen molar-refractivity contribution in [3.63, 3.8) is 0 Å². The van der Waals surface area contributed by atoms with E-state index in [4.69, 9.17) is 9.47 Å². The molecule has 1 aromatic rings. The number of nitrogens with zero attached hydrogens (tertiary/aromatic N) is 1. The zero-order chi connectivity index (χ0) is 14.1. The number of benzene rings is 1. The fourth-order valence-electron chi connectivity index (χ4n) is 3.54. The first kappa shape index (κ1) is 13.7. The van der Waals surface area contributed by atoms with E-state index < -0.39 is 0 Å². The van der Waals surface area contributed by atoms with E-state index in [2.05, 4.69) is 11.8 Å². The maximum Gasteiger partial charge on any atom is 0.160 e. The Bertz CT molecular complexity index is 487. The minimum Gasteiger partial charge on any atom is -0.504 e. The highest BCUT2D eigenvalue weighted by molar-refractivity contribution is 5.48. The Morgan fingerprint density at radius 1 is 1.45 bits per heavy atom. The molecule has 3 rings (SSSR count). The van der Waals surface area contributed by atoms with E-state index in [-0.39, 0.29) is 11.9 Å². The van der Waals surface area contributed by atoms with Gasteiger partial charge >= 0.3 is 0 Å². The second-order valence-electron chi connectivity index (χ2n) is 5.66. The quantitative estimate of drug-likeness (QED) is 0.921. The molecule has 1 aromatic carbocycles. The van der Waals surface area contributed by atoms with Crippen LogP contribution in [0.5, 0.6) is 11.5 Å². The fourth-order valence-corrected chi connectivity index (χ4v) is 3.54. The number of ether oxygens (including phenoxy) is 2. The number of phenols is 1. The number of aromatic hydroxyl groups is 1. The summed E-state index contributed by atoms with van der Waals surface area (Å²) in [5, 5.41) is 9.92. The Balaban J connectivity index is 1.94. The molecule has 0 bridgehead atoms. The molecule has 1 aliphatic carbocycles. The molecule has 0 spiro atoms. The van der Waals surface area contributed by atoms with Gasteiger partial charge in [-0.15, -0.1) is 0 Å². The van der Waals surface area contributed by atoms with Crippen LogP contribution in [-0.2, 0) is 11.2 Å². The van der Waals surface area contributed by atoms with E-state index >= 15 is 0 Å². The van der Waals surface area contributed by atoms with Crippen molar-refractivity contribution in [1.29, 1.82) is 0 Å². The summed E-state index contributed by atoms with van der Waals surface area (Å²) in [6.07, 6.45) is 3.39. The molecule has 0 amide bonds. The predicted octanol–water partition coefficient (Wildman–Crippen LogP) is 2.50. The summed E-state index contributed by atoms with van der Waals surface area (Å²) in [6.45, 7) is 5.17. The molecule has 2 aliphatic rings. The molecule has 1 aliphatic heterocycles. The molecule has 20 heavy (non-hydrogen) atoms. The number of hydrogen-bond donors (Lipinski definition) is 1. The largest absolute Gasteiger partial charge is 0.504 e. The van der Waals surface area contributed by atoms with Crippen LogP contribution >= 0.6 is 0 Å². The summed E-state index contributed by atoms with van der Waals surface area (Å²) >= 11 is 0. The zero-order valence-electron chi connectivity index (χ0n) is 12.3. The monoisotopic (exact) mass is 277 g/mol. The van der Waals surface area contributed by atoms with Crippen LogP contribution in [0.15, 0.2) is 12.1 Å². The maximum atomic E-state index is 9.92. The lowest BCUT2D eigenvalue weighted by Gasteiger charge is -2.44. The van der Waals surface area contributed by atoms with Gasteiger partial charge in [0, 0.05) is 12.6 Å². The minimum atomic E-state index is 0.119. The molecule has 1 heterocycles. The van der Waals surface area contributed by atoms with Crippen molar-refractivity contribution < 1.29 is 14.6 Å². The standard InChI is InChI=1S/C16H23NO3/c1-3-6-17-7-8-20-16-12-10-15(19-2)14(18)9-11(12)4-5-13(16)17/h9-10,13,16,18H,3-8H2,1-2H3/t13-,16-/m1/s1. The van der Waals surface area contributed by atoms with E-state index in [1.54, 1.807) is 7.11 Å². The number of hydrogen-bond acceptors (Lipinski definition) is 4. The van der Waals surface area contributed by atoms with Gasteiger partial charge in [0.05, 0.1) is 19.8 Å². The number of morpholine rings is 1. The summed E-state index contributed by atoms with van der Waals surface area (Å²) < 4.78 is 11.3. The van der Waals surface area contributed by atoms with E-state index in [0.29, 0.717) is 11.8 Å². The van der Waals surface area contributed by atoms with Gasteiger partial charge in [-0.1, -0.05) is 6.92 Å². The molecule has 0 saturated carbocycles. The molecular weight excluding hydrogens is 254 g/mol. The van der Waals surface area contributed by atoms with Gasteiger partial charge in [-0.3, -0.25) is 4.90 Å². The normalized spacial score (nSPS) is 25.9. The molecule has 1 fully saturated rings. The molecule has 0 radical (unpaired) electrons. The number of fused-ring (bicyclic) bond motifs is 3. The Labute approximate surface area is 120 Å². The molecule has 1 saturated heterocycles. The van der Waals surface area contributed by atoms with E-state index in [9.17, 15) is 5.11 Å². The van der Waals surface area contributed by atoms with Crippen molar-refractivity contribution in [3.05, 3.63) is 23.3 Å². The van der Waals surface area contributed by atoms with Gasteiger partial charge in [0.25, 0.3) is 0 Å². The maximum absolute atomic E-state index is 9.92. The van der Waals surface area contributed by atoms with Crippen LogP contribution in [0, 0.1) is 0 Å². The Hall–Kier alpha value is -1.26. The van der Waals surface area contributed by atoms with Gasteiger partial charge in [-0.05, 0) is 49.1 Å². The second-order valence-corrected chi connectivity index (χ2v) is 5.66. The first-order valence-corrected chi connectivity index (χ1v) is 7.50. The Kier molecular flexibility index (Phi) is 3.85. The van der Waals surface area contributed by atoms with Crippen molar-refractivity contribution in [2.24, 2.45) is 0 Å². The van der Waals surface area contributed by atoms with Crippen molar-refractivity contribution in [2.45, 2.75) is 38.3 Å². The number of phenolic OH excluding ortho intramolecular Hbond substituents is 1. The smallest absolute Gasteiger partial charge is 0.160 e. The highest BCUT2D eigenvalue weighted by Crippen LogP contribution is 2.42. The van der Waals surface area contributed by atoms with E-state index in [0.717, 1.165) is 32.5 Å². The summed E-state index contributed by atoms with van der Waals surface area (Å²) in [4.78, 5) is 2.55. The van der Waals surface area contributed by atoms with Gasteiger partial charge in [0.1, 0.15) is 0 Å². The van der Waals surface area contributed by atoms with Gasteiger partial charge in [-0.2, -0.15) is 0 Å².